The molecule has 0 aliphatic carbocycles. The Bertz CT molecular complexity index is 284. The molecule has 2 heterocycles. The fourth-order valence-corrected chi connectivity index (χ4v) is 3.59. The Morgan fingerprint density at radius 2 is 1.86 bits per heavy atom. The van der Waals surface area contributed by atoms with E-state index in [9.17, 15) is 0 Å². The van der Waals surface area contributed by atoms with Gasteiger partial charge in [-0.1, -0.05) is 13.8 Å². The minimum Gasteiger partial charge on any atom is -0.381 e. The summed E-state index contributed by atoms with van der Waals surface area (Å²) < 4.78 is 5.60. The largest absolute Gasteiger partial charge is 0.381 e. The van der Waals surface area contributed by atoms with E-state index in [1.807, 2.05) is 0 Å². The van der Waals surface area contributed by atoms with Gasteiger partial charge >= 0.3 is 0 Å². The molecule has 0 atom stereocenters. The van der Waals surface area contributed by atoms with Crippen molar-refractivity contribution < 1.29 is 4.74 Å². The average molecular weight is 297 g/mol. The van der Waals surface area contributed by atoms with Crippen LogP contribution in [0.25, 0.3) is 0 Å². The zero-order valence-corrected chi connectivity index (χ0v) is 14.4. The minimum atomic E-state index is 0.405. The first-order valence-corrected chi connectivity index (χ1v) is 8.82. The maximum atomic E-state index is 5.60. The molecule has 0 saturated carbocycles. The molecule has 2 saturated heterocycles. The van der Waals surface area contributed by atoms with Crippen LogP contribution in [0.5, 0.6) is 0 Å². The fraction of sp³-hybridized carbons (Fsp3) is 1.00. The Balaban J connectivity index is 1.78. The lowest BCUT2D eigenvalue weighted by molar-refractivity contribution is -0.00219. The number of likely N-dealkylation sites (N-methyl/N-ethyl adjacent to an activating group) is 1. The number of nitrogens with one attached hydrogen (secondary N) is 1. The van der Waals surface area contributed by atoms with Crippen LogP contribution in [-0.2, 0) is 4.74 Å². The van der Waals surface area contributed by atoms with Gasteiger partial charge in [-0.3, -0.25) is 0 Å². The van der Waals surface area contributed by atoms with Crippen molar-refractivity contribution in [1.29, 1.82) is 0 Å². The predicted molar refractivity (Wildman–Crippen MR) is 88.8 cm³/mol. The standard InChI is InChI=1S/C17H35N3O/c1-16(2)18-14-17(6-12-21-13-7-17)15-19(3)10-11-20-8-4-5-9-20/h16,18H,4-15H2,1-3H3. The van der Waals surface area contributed by atoms with Gasteiger partial charge in [-0.05, 0) is 51.2 Å². The lowest BCUT2D eigenvalue weighted by Crippen LogP contribution is -2.48. The Morgan fingerprint density at radius 3 is 2.48 bits per heavy atom. The topological polar surface area (TPSA) is 27.7 Å². The van der Waals surface area contributed by atoms with Crippen LogP contribution >= 0.6 is 0 Å². The molecular formula is C17H35N3O. The SMILES string of the molecule is CC(C)NCC1(CN(C)CCN2CCCC2)CCOCC1. The molecule has 4 nitrogen and oxygen atoms in total. The normalized spacial score (nSPS) is 23.3. The van der Waals surface area contributed by atoms with Crippen molar-refractivity contribution in [2.24, 2.45) is 5.41 Å². The molecule has 2 rings (SSSR count). The van der Waals surface area contributed by atoms with Gasteiger partial charge in [0.1, 0.15) is 0 Å². The lowest BCUT2D eigenvalue weighted by atomic mass is 9.79. The van der Waals surface area contributed by atoms with Crippen LogP contribution in [0.4, 0.5) is 0 Å². The maximum absolute atomic E-state index is 5.60. The van der Waals surface area contributed by atoms with Crippen molar-refractivity contribution >= 4 is 0 Å². The summed E-state index contributed by atoms with van der Waals surface area (Å²) in [7, 11) is 2.29. The monoisotopic (exact) mass is 297 g/mol. The van der Waals surface area contributed by atoms with Crippen molar-refractivity contribution in [2.75, 3.05) is 59.5 Å². The Labute approximate surface area is 131 Å². The van der Waals surface area contributed by atoms with Gasteiger partial charge in [-0.25, -0.2) is 0 Å². The minimum absolute atomic E-state index is 0.405. The van der Waals surface area contributed by atoms with Crippen LogP contribution in [0.2, 0.25) is 0 Å². The molecule has 2 aliphatic heterocycles. The van der Waals surface area contributed by atoms with E-state index < -0.39 is 0 Å². The second-order valence-corrected chi connectivity index (χ2v) is 7.43. The van der Waals surface area contributed by atoms with Gasteiger partial charge in [0, 0.05) is 45.4 Å². The van der Waals surface area contributed by atoms with Crippen LogP contribution < -0.4 is 5.32 Å². The third-order valence-electron chi connectivity index (χ3n) is 5.04. The second-order valence-electron chi connectivity index (χ2n) is 7.43. The van der Waals surface area contributed by atoms with Gasteiger partial charge in [0.2, 0.25) is 0 Å². The number of hydrogen-bond donors (Lipinski definition) is 1. The Kier molecular flexibility index (Phi) is 6.93. The lowest BCUT2D eigenvalue weighted by Gasteiger charge is -2.41. The van der Waals surface area contributed by atoms with Crippen molar-refractivity contribution in [1.82, 2.24) is 15.1 Å². The van der Waals surface area contributed by atoms with E-state index >= 15 is 0 Å². The highest BCUT2D eigenvalue weighted by Crippen LogP contribution is 2.30. The molecule has 0 amide bonds. The van der Waals surface area contributed by atoms with E-state index in [1.165, 1.54) is 58.4 Å². The van der Waals surface area contributed by atoms with E-state index in [-0.39, 0.29) is 0 Å². The molecule has 0 radical (unpaired) electrons. The van der Waals surface area contributed by atoms with Crippen LogP contribution in [0.1, 0.15) is 39.5 Å². The highest BCUT2D eigenvalue weighted by Gasteiger charge is 2.33. The highest BCUT2D eigenvalue weighted by atomic mass is 16.5. The summed E-state index contributed by atoms with van der Waals surface area (Å²) in [5.74, 6) is 0. The molecule has 2 fully saturated rings. The number of likely N-dealkylation sites (tertiary alicyclic amines) is 1. The first-order chi connectivity index (χ1) is 10.1. The number of nitrogens with zero attached hydrogens (tertiary/aromatic N) is 2. The molecule has 0 aromatic rings. The molecule has 21 heavy (non-hydrogen) atoms. The first kappa shape index (κ1) is 17.2. The van der Waals surface area contributed by atoms with E-state index in [2.05, 4.69) is 36.0 Å². The smallest absolute Gasteiger partial charge is 0.0472 e. The van der Waals surface area contributed by atoms with Crippen molar-refractivity contribution in [2.45, 2.75) is 45.6 Å². The molecule has 0 spiro atoms. The molecule has 124 valence electrons. The van der Waals surface area contributed by atoms with Crippen molar-refractivity contribution in [3.8, 4) is 0 Å². The highest BCUT2D eigenvalue weighted by molar-refractivity contribution is 4.87. The molecule has 0 bridgehead atoms. The van der Waals surface area contributed by atoms with Gasteiger partial charge in [0.05, 0.1) is 0 Å². The summed E-state index contributed by atoms with van der Waals surface area (Å²) in [6.07, 6.45) is 5.17. The van der Waals surface area contributed by atoms with Gasteiger partial charge in [0.25, 0.3) is 0 Å². The van der Waals surface area contributed by atoms with Gasteiger partial charge in [-0.15, -0.1) is 0 Å². The van der Waals surface area contributed by atoms with Crippen LogP contribution in [-0.4, -0.2) is 75.4 Å². The molecule has 0 aromatic carbocycles. The summed E-state index contributed by atoms with van der Waals surface area (Å²) in [6, 6.07) is 0.569. The van der Waals surface area contributed by atoms with Crippen molar-refractivity contribution in [3.63, 3.8) is 0 Å². The summed E-state index contributed by atoms with van der Waals surface area (Å²) in [5.41, 5.74) is 0.405. The number of rotatable bonds is 8. The van der Waals surface area contributed by atoms with Gasteiger partial charge in [0.15, 0.2) is 0 Å². The zero-order valence-electron chi connectivity index (χ0n) is 14.4. The third-order valence-corrected chi connectivity index (χ3v) is 5.04. The van der Waals surface area contributed by atoms with Gasteiger partial charge in [-0.2, -0.15) is 0 Å². The third kappa shape index (κ3) is 5.85. The van der Waals surface area contributed by atoms with Crippen LogP contribution in [0, 0.1) is 5.41 Å². The quantitative estimate of drug-likeness (QED) is 0.739. The Morgan fingerprint density at radius 1 is 1.19 bits per heavy atom. The molecular weight excluding hydrogens is 262 g/mol. The molecule has 4 heteroatoms. The summed E-state index contributed by atoms with van der Waals surface area (Å²) in [5, 5.41) is 3.67. The summed E-state index contributed by atoms with van der Waals surface area (Å²) >= 11 is 0. The molecule has 1 N–H and O–H groups in total. The van der Waals surface area contributed by atoms with E-state index in [0.29, 0.717) is 11.5 Å². The van der Waals surface area contributed by atoms with Gasteiger partial charge < -0.3 is 19.9 Å². The molecule has 0 aromatic heterocycles. The maximum Gasteiger partial charge on any atom is 0.0472 e. The average Bonchev–Trinajstić information content (AvgIpc) is 2.97. The number of hydrogen-bond acceptors (Lipinski definition) is 4. The van der Waals surface area contributed by atoms with Crippen LogP contribution in [0.15, 0.2) is 0 Å². The fourth-order valence-electron chi connectivity index (χ4n) is 3.59. The van der Waals surface area contributed by atoms with E-state index in [0.717, 1.165) is 19.8 Å². The zero-order chi connectivity index (χ0) is 15.1. The first-order valence-electron chi connectivity index (χ1n) is 8.82. The number of ether oxygens (including phenoxy) is 1. The summed E-state index contributed by atoms with van der Waals surface area (Å²) in [6.45, 7) is 13.7. The van der Waals surface area contributed by atoms with E-state index in [1.54, 1.807) is 0 Å². The van der Waals surface area contributed by atoms with Crippen LogP contribution in [0.3, 0.4) is 0 Å². The Hall–Kier alpha value is -0.160. The molecule has 0 unspecified atom stereocenters. The molecule has 2 aliphatic rings. The predicted octanol–water partition coefficient (Wildman–Crippen LogP) is 1.81. The second kappa shape index (κ2) is 8.47. The van der Waals surface area contributed by atoms with E-state index in [4.69, 9.17) is 4.74 Å². The summed E-state index contributed by atoms with van der Waals surface area (Å²) in [4.78, 5) is 5.16. The van der Waals surface area contributed by atoms with Crippen molar-refractivity contribution in [3.05, 3.63) is 0 Å².